The molecule has 0 saturated carbocycles. The molecule has 5 nitrogen and oxygen atoms in total. The largest absolute Gasteiger partial charge is 0.350 e. The maximum absolute atomic E-state index is 12.2. The molecular formula is C15H24N4O. The summed E-state index contributed by atoms with van der Waals surface area (Å²) in [6.07, 6.45) is 3.67. The average Bonchev–Trinajstić information content (AvgIpc) is 2.46. The van der Waals surface area contributed by atoms with Crippen LogP contribution in [0.5, 0.6) is 0 Å². The molecule has 1 saturated heterocycles. The third-order valence-corrected chi connectivity index (χ3v) is 4.06. The molecule has 1 fully saturated rings. The van der Waals surface area contributed by atoms with Gasteiger partial charge >= 0.3 is 0 Å². The van der Waals surface area contributed by atoms with Crippen LogP contribution in [0.3, 0.4) is 0 Å². The van der Waals surface area contributed by atoms with Crippen molar-refractivity contribution in [2.75, 3.05) is 25.6 Å². The fraction of sp³-hybridized carbons (Fsp3) is 0.533. The number of amides is 1. The normalized spacial score (nSPS) is 19.6. The van der Waals surface area contributed by atoms with Gasteiger partial charge in [0.2, 0.25) is 0 Å². The fourth-order valence-electron chi connectivity index (χ4n) is 2.68. The molecule has 4 N–H and O–H groups in total. The molecule has 0 radical (unpaired) electrons. The molecule has 0 bridgehead atoms. The number of nitrogens with two attached hydrogens (primary N) is 1. The van der Waals surface area contributed by atoms with Crippen LogP contribution in [-0.2, 0) is 0 Å². The highest BCUT2D eigenvalue weighted by Gasteiger charge is 2.19. The van der Waals surface area contributed by atoms with Crippen LogP contribution >= 0.6 is 0 Å². The van der Waals surface area contributed by atoms with Crippen LogP contribution in [0.1, 0.15) is 35.2 Å². The van der Waals surface area contributed by atoms with Gasteiger partial charge in [0, 0.05) is 18.2 Å². The minimum absolute atomic E-state index is 0.0179. The lowest BCUT2D eigenvalue weighted by Crippen LogP contribution is -2.44. The SMILES string of the molecule is Cc1cc(C(=O)NCC2CCCCN2C)ccc1NN. The molecule has 110 valence electrons. The number of anilines is 1. The van der Waals surface area contributed by atoms with E-state index in [1.165, 1.54) is 12.8 Å². The van der Waals surface area contributed by atoms with E-state index in [1.54, 1.807) is 6.07 Å². The van der Waals surface area contributed by atoms with Crippen LogP contribution in [-0.4, -0.2) is 37.0 Å². The number of nitrogens with zero attached hydrogens (tertiary/aromatic N) is 1. The summed E-state index contributed by atoms with van der Waals surface area (Å²) in [6.45, 7) is 3.77. The van der Waals surface area contributed by atoms with Gasteiger partial charge in [0.05, 0.1) is 5.69 Å². The van der Waals surface area contributed by atoms with E-state index >= 15 is 0 Å². The van der Waals surface area contributed by atoms with Crippen molar-refractivity contribution >= 4 is 11.6 Å². The highest BCUT2D eigenvalue weighted by molar-refractivity contribution is 5.94. The number of hydrogen-bond donors (Lipinski definition) is 3. The van der Waals surface area contributed by atoms with Gasteiger partial charge in [0.1, 0.15) is 0 Å². The molecule has 1 aliphatic heterocycles. The molecule has 1 aromatic carbocycles. The van der Waals surface area contributed by atoms with Crippen molar-refractivity contribution in [2.45, 2.75) is 32.2 Å². The van der Waals surface area contributed by atoms with E-state index in [9.17, 15) is 4.79 Å². The number of likely N-dealkylation sites (tertiary alicyclic amines) is 1. The number of hydrazine groups is 1. The van der Waals surface area contributed by atoms with Crippen LogP contribution in [0.25, 0.3) is 0 Å². The lowest BCUT2D eigenvalue weighted by Gasteiger charge is -2.32. The lowest BCUT2D eigenvalue weighted by atomic mass is 10.0. The monoisotopic (exact) mass is 276 g/mol. The predicted octanol–water partition coefficient (Wildman–Crippen LogP) is 1.49. The number of carbonyl (C=O) groups excluding carboxylic acids is 1. The van der Waals surface area contributed by atoms with Gasteiger partial charge in [-0.2, -0.15) is 0 Å². The zero-order valence-electron chi connectivity index (χ0n) is 12.3. The van der Waals surface area contributed by atoms with Crippen molar-refractivity contribution in [3.8, 4) is 0 Å². The Hall–Kier alpha value is -1.59. The van der Waals surface area contributed by atoms with E-state index in [0.717, 1.165) is 24.2 Å². The second-order valence-electron chi connectivity index (χ2n) is 5.51. The Morgan fingerprint density at radius 2 is 2.25 bits per heavy atom. The van der Waals surface area contributed by atoms with Gasteiger partial charge in [-0.25, -0.2) is 0 Å². The Balaban J connectivity index is 1.93. The standard InChI is InChI=1S/C15H24N4O/c1-11-9-12(6-7-14(11)18-16)15(20)17-10-13-5-3-4-8-19(13)2/h6-7,9,13,18H,3-5,8,10,16H2,1-2H3,(H,17,20). The molecule has 1 aliphatic rings. The number of piperidine rings is 1. The third kappa shape index (κ3) is 3.49. The summed E-state index contributed by atoms with van der Waals surface area (Å²) in [5.41, 5.74) is 5.10. The smallest absolute Gasteiger partial charge is 0.251 e. The molecule has 1 amide bonds. The number of nitrogen functional groups attached to an aromatic ring is 1. The number of carbonyl (C=O) groups is 1. The van der Waals surface area contributed by atoms with E-state index in [1.807, 2.05) is 19.1 Å². The van der Waals surface area contributed by atoms with Gasteiger partial charge in [0.25, 0.3) is 5.91 Å². The first kappa shape index (κ1) is 14.8. The maximum atomic E-state index is 12.2. The first-order chi connectivity index (χ1) is 9.61. The quantitative estimate of drug-likeness (QED) is 0.576. The molecule has 1 heterocycles. The zero-order valence-corrected chi connectivity index (χ0v) is 12.3. The highest BCUT2D eigenvalue weighted by atomic mass is 16.1. The second kappa shape index (κ2) is 6.72. The molecule has 1 aromatic rings. The summed E-state index contributed by atoms with van der Waals surface area (Å²) in [7, 11) is 2.13. The number of likely N-dealkylation sites (N-methyl/N-ethyl adjacent to an activating group) is 1. The molecule has 1 atom stereocenters. The predicted molar refractivity (Wildman–Crippen MR) is 81.6 cm³/mol. The van der Waals surface area contributed by atoms with Crippen molar-refractivity contribution in [2.24, 2.45) is 5.84 Å². The summed E-state index contributed by atoms with van der Waals surface area (Å²) >= 11 is 0. The summed E-state index contributed by atoms with van der Waals surface area (Å²) in [5.74, 6) is 5.37. The number of aryl methyl sites for hydroxylation is 1. The van der Waals surface area contributed by atoms with E-state index in [4.69, 9.17) is 5.84 Å². The minimum Gasteiger partial charge on any atom is -0.350 e. The molecule has 20 heavy (non-hydrogen) atoms. The van der Waals surface area contributed by atoms with Crippen molar-refractivity contribution in [3.63, 3.8) is 0 Å². The second-order valence-corrected chi connectivity index (χ2v) is 5.51. The van der Waals surface area contributed by atoms with E-state index < -0.39 is 0 Å². The summed E-state index contributed by atoms with van der Waals surface area (Å²) in [5, 5.41) is 3.03. The average molecular weight is 276 g/mol. The van der Waals surface area contributed by atoms with Gasteiger partial charge in [-0.15, -0.1) is 0 Å². The molecule has 1 unspecified atom stereocenters. The zero-order chi connectivity index (χ0) is 14.5. The van der Waals surface area contributed by atoms with Crippen LogP contribution < -0.4 is 16.6 Å². The summed E-state index contributed by atoms with van der Waals surface area (Å²) in [6, 6.07) is 5.94. The Kier molecular flexibility index (Phi) is 4.98. The van der Waals surface area contributed by atoms with Gasteiger partial charge in [-0.05, 0) is 57.1 Å². The molecule has 0 spiro atoms. The molecule has 2 rings (SSSR count). The molecular weight excluding hydrogens is 252 g/mol. The van der Waals surface area contributed by atoms with Gasteiger partial charge in [-0.1, -0.05) is 6.42 Å². The fourth-order valence-corrected chi connectivity index (χ4v) is 2.68. The number of benzene rings is 1. The number of hydrogen-bond acceptors (Lipinski definition) is 4. The van der Waals surface area contributed by atoms with Crippen molar-refractivity contribution in [1.29, 1.82) is 0 Å². The van der Waals surface area contributed by atoms with Crippen molar-refractivity contribution < 1.29 is 4.79 Å². The topological polar surface area (TPSA) is 70.4 Å². The Labute approximate surface area is 120 Å². The Bertz CT molecular complexity index is 475. The van der Waals surface area contributed by atoms with E-state index in [0.29, 0.717) is 18.2 Å². The Morgan fingerprint density at radius 3 is 2.90 bits per heavy atom. The van der Waals surface area contributed by atoms with Gasteiger partial charge in [0.15, 0.2) is 0 Å². The van der Waals surface area contributed by atoms with E-state index in [-0.39, 0.29) is 5.91 Å². The van der Waals surface area contributed by atoms with Gasteiger partial charge < -0.3 is 15.6 Å². The third-order valence-electron chi connectivity index (χ3n) is 4.06. The van der Waals surface area contributed by atoms with Crippen LogP contribution in [0.4, 0.5) is 5.69 Å². The van der Waals surface area contributed by atoms with Crippen LogP contribution in [0.2, 0.25) is 0 Å². The maximum Gasteiger partial charge on any atom is 0.251 e. The van der Waals surface area contributed by atoms with E-state index in [2.05, 4.69) is 22.7 Å². The molecule has 0 aliphatic carbocycles. The van der Waals surface area contributed by atoms with Crippen molar-refractivity contribution in [3.05, 3.63) is 29.3 Å². The summed E-state index contributed by atoms with van der Waals surface area (Å²) < 4.78 is 0. The molecule has 0 aromatic heterocycles. The lowest BCUT2D eigenvalue weighted by molar-refractivity contribution is 0.0928. The van der Waals surface area contributed by atoms with Gasteiger partial charge in [-0.3, -0.25) is 10.6 Å². The van der Waals surface area contributed by atoms with Crippen LogP contribution in [0.15, 0.2) is 18.2 Å². The van der Waals surface area contributed by atoms with Crippen LogP contribution in [0, 0.1) is 6.92 Å². The summed E-state index contributed by atoms with van der Waals surface area (Å²) in [4.78, 5) is 14.5. The Morgan fingerprint density at radius 1 is 1.45 bits per heavy atom. The molecule has 5 heteroatoms. The highest BCUT2D eigenvalue weighted by Crippen LogP contribution is 2.16. The first-order valence-corrected chi connectivity index (χ1v) is 7.17. The first-order valence-electron chi connectivity index (χ1n) is 7.17. The van der Waals surface area contributed by atoms with Crippen molar-refractivity contribution in [1.82, 2.24) is 10.2 Å². The number of nitrogens with one attached hydrogen (secondary N) is 2. The number of rotatable bonds is 4. The minimum atomic E-state index is -0.0179.